The highest BCUT2D eigenvalue weighted by atomic mass is 19.1. The molecule has 0 aliphatic carbocycles. The molecule has 0 spiro atoms. The van der Waals surface area contributed by atoms with Gasteiger partial charge in [0.2, 0.25) is 5.91 Å². The molecule has 1 heterocycles. The lowest BCUT2D eigenvalue weighted by molar-refractivity contribution is -0.128. The van der Waals surface area contributed by atoms with E-state index in [0.717, 1.165) is 30.6 Å². The van der Waals surface area contributed by atoms with E-state index in [1.807, 2.05) is 48.2 Å². The number of anilines is 1. The maximum absolute atomic E-state index is 13.2. The summed E-state index contributed by atoms with van der Waals surface area (Å²) in [5.41, 5.74) is 2.61. The van der Waals surface area contributed by atoms with Gasteiger partial charge in [0, 0.05) is 44.8 Å². The summed E-state index contributed by atoms with van der Waals surface area (Å²) < 4.78 is 13.2. The summed E-state index contributed by atoms with van der Waals surface area (Å²) in [6, 6.07) is 13.6. The third-order valence-electron chi connectivity index (χ3n) is 5.14. The van der Waals surface area contributed by atoms with E-state index < -0.39 is 0 Å². The molecule has 1 aliphatic heterocycles. The normalized spacial score (nSPS) is 13.7. The standard InChI is InChI=1S/C23H29FN4O2/c1-26(2)14-15-28(17-18-5-9-20(24)10-6-18)23(30)25-21-11-7-19(8-12-21)16-27-13-3-4-22(27)29/h5-12H,3-4,13-17H2,1-2H3,(H,25,30). The highest BCUT2D eigenvalue weighted by Crippen LogP contribution is 2.17. The zero-order valence-electron chi connectivity index (χ0n) is 17.6. The molecule has 30 heavy (non-hydrogen) atoms. The third-order valence-corrected chi connectivity index (χ3v) is 5.14. The van der Waals surface area contributed by atoms with Crippen molar-refractivity contribution in [3.05, 3.63) is 65.5 Å². The fourth-order valence-corrected chi connectivity index (χ4v) is 3.37. The molecule has 0 aromatic heterocycles. The Hall–Kier alpha value is -2.93. The van der Waals surface area contributed by atoms with Crippen LogP contribution in [0.25, 0.3) is 0 Å². The number of likely N-dealkylation sites (N-methyl/N-ethyl adjacent to an activating group) is 1. The second-order valence-corrected chi connectivity index (χ2v) is 7.90. The number of amides is 3. The molecule has 2 aromatic carbocycles. The molecule has 7 heteroatoms. The molecule has 0 bridgehead atoms. The number of urea groups is 1. The molecule has 1 saturated heterocycles. The van der Waals surface area contributed by atoms with E-state index in [2.05, 4.69) is 5.32 Å². The minimum atomic E-state index is -0.293. The maximum Gasteiger partial charge on any atom is 0.322 e. The van der Waals surface area contributed by atoms with Gasteiger partial charge >= 0.3 is 6.03 Å². The highest BCUT2D eigenvalue weighted by Gasteiger charge is 2.20. The molecule has 0 unspecified atom stereocenters. The van der Waals surface area contributed by atoms with Crippen LogP contribution in [0.1, 0.15) is 24.0 Å². The van der Waals surface area contributed by atoms with Crippen molar-refractivity contribution < 1.29 is 14.0 Å². The van der Waals surface area contributed by atoms with Gasteiger partial charge in [0.15, 0.2) is 0 Å². The Labute approximate surface area is 177 Å². The second kappa shape index (κ2) is 10.2. The van der Waals surface area contributed by atoms with Crippen LogP contribution in [-0.4, -0.2) is 60.4 Å². The third kappa shape index (κ3) is 6.29. The number of nitrogens with zero attached hydrogens (tertiary/aromatic N) is 3. The largest absolute Gasteiger partial charge is 0.338 e. The number of hydrogen-bond donors (Lipinski definition) is 1. The van der Waals surface area contributed by atoms with E-state index in [1.54, 1.807) is 17.0 Å². The highest BCUT2D eigenvalue weighted by molar-refractivity contribution is 5.89. The van der Waals surface area contributed by atoms with Gasteiger partial charge in [0.25, 0.3) is 0 Å². The van der Waals surface area contributed by atoms with Crippen molar-refractivity contribution >= 4 is 17.6 Å². The first-order valence-corrected chi connectivity index (χ1v) is 10.2. The summed E-state index contributed by atoms with van der Waals surface area (Å²) in [6.45, 7) is 3.08. The van der Waals surface area contributed by atoms with Gasteiger partial charge in [0.1, 0.15) is 5.82 Å². The SMILES string of the molecule is CN(C)CCN(Cc1ccc(F)cc1)C(=O)Nc1ccc(CN2CCCC2=O)cc1. The van der Waals surface area contributed by atoms with Crippen molar-refractivity contribution in [3.63, 3.8) is 0 Å². The smallest absolute Gasteiger partial charge is 0.322 e. The Morgan fingerprint density at radius 2 is 1.70 bits per heavy atom. The topological polar surface area (TPSA) is 55.9 Å². The summed E-state index contributed by atoms with van der Waals surface area (Å²) in [7, 11) is 3.91. The van der Waals surface area contributed by atoms with Crippen LogP contribution in [0.2, 0.25) is 0 Å². The van der Waals surface area contributed by atoms with E-state index in [4.69, 9.17) is 0 Å². The molecular weight excluding hydrogens is 383 g/mol. The number of likely N-dealkylation sites (tertiary alicyclic amines) is 1. The molecule has 3 amide bonds. The number of benzene rings is 2. The molecule has 1 N–H and O–H groups in total. The lowest BCUT2D eigenvalue weighted by Crippen LogP contribution is -2.39. The lowest BCUT2D eigenvalue weighted by atomic mass is 10.2. The van der Waals surface area contributed by atoms with Crippen LogP contribution in [0.4, 0.5) is 14.9 Å². The number of rotatable bonds is 8. The molecule has 3 rings (SSSR count). The zero-order chi connectivity index (χ0) is 21.5. The fraction of sp³-hybridized carbons (Fsp3) is 0.391. The number of nitrogens with one attached hydrogen (secondary N) is 1. The first-order valence-electron chi connectivity index (χ1n) is 10.2. The number of hydrogen-bond acceptors (Lipinski definition) is 3. The van der Waals surface area contributed by atoms with Gasteiger partial charge < -0.3 is 20.0 Å². The van der Waals surface area contributed by atoms with Crippen LogP contribution < -0.4 is 5.32 Å². The van der Waals surface area contributed by atoms with Crippen LogP contribution in [0.3, 0.4) is 0 Å². The van der Waals surface area contributed by atoms with E-state index >= 15 is 0 Å². The van der Waals surface area contributed by atoms with Crippen molar-refractivity contribution in [2.75, 3.05) is 39.0 Å². The fourth-order valence-electron chi connectivity index (χ4n) is 3.37. The van der Waals surface area contributed by atoms with Crippen LogP contribution in [0, 0.1) is 5.82 Å². The minimum Gasteiger partial charge on any atom is -0.338 e. The molecule has 0 radical (unpaired) electrons. The van der Waals surface area contributed by atoms with Gasteiger partial charge in [-0.3, -0.25) is 4.79 Å². The number of carbonyl (C=O) groups is 2. The molecule has 1 fully saturated rings. The molecule has 0 saturated carbocycles. The summed E-state index contributed by atoms with van der Waals surface area (Å²) in [6.07, 6.45) is 1.55. The van der Waals surface area contributed by atoms with Gasteiger partial charge in [-0.15, -0.1) is 0 Å². The summed E-state index contributed by atoms with van der Waals surface area (Å²) >= 11 is 0. The predicted octanol–water partition coefficient (Wildman–Crippen LogP) is 3.54. The summed E-state index contributed by atoms with van der Waals surface area (Å²) in [4.78, 5) is 30.2. The monoisotopic (exact) mass is 412 g/mol. The molecule has 2 aromatic rings. The maximum atomic E-state index is 13.2. The van der Waals surface area contributed by atoms with Gasteiger partial charge in [-0.1, -0.05) is 24.3 Å². The van der Waals surface area contributed by atoms with Gasteiger partial charge in [-0.25, -0.2) is 9.18 Å². The van der Waals surface area contributed by atoms with E-state index in [0.29, 0.717) is 31.7 Å². The van der Waals surface area contributed by atoms with Crippen molar-refractivity contribution in [3.8, 4) is 0 Å². The second-order valence-electron chi connectivity index (χ2n) is 7.90. The number of halogens is 1. The average molecular weight is 413 g/mol. The van der Waals surface area contributed by atoms with Crippen molar-refractivity contribution in [2.24, 2.45) is 0 Å². The van der Waals surface area contributed by atoms with Crippen molar-refractivity contribution in [2.45, 2.75) is 25.9 Å². The summed E-state index contributed by atoms with van der Waals surface area (Å²) in [5.74, 6) is -0.0940. The van der Waals surface area contributed by atoms with E-state index in [-0.39, 0.29) is 17.8 Å². The van der Waals surface area contributed by atoms with E-state index in [9.17, 15) is 14.0 Å². The molecule has 160 valence electrons. The Balaban J connectivity index is 1.61. The Kier molecular flexibility index (Phi) is 7.41. The van der Waals surface area contributed by atoms with Crippen LogP contribution in [0.5, 0.6) is 0 Å². The Bertz CT molecular complexity index is 853. The number of carbonyl (C=O) groups excluding carboxylic acids is 2. The molecular formula is C23H29FN4O2. The molecule has 6 nitrogen and oxygen atoms in total. The van der Waals surface area contributed by atoms with Crippen LogP contribution >= 0.6 is 0 Å². The quantitative estimate of drug-likeness (QED) is 0.722. The van der Waals surface area contributed by atoms with Gasteiger partial charge in [-0.2, -0.15) is 0 Å². The lowest BCUT2D eigenvalue weighted by Gasteiger charge is -2.25. The Morgan fingerprint density at radius 3 is 2.30 bits per heavy atom. The van der Waals surface area contributed by atoms with Gasteiger partial charge in [0.05, 0.1) is 0 Å². The zero-order valence-corrected chi connectivity index (χ0v) is 17.6. The predicted molar refractivity (Wildman–Crippen MR) is 115 cm³/mol. The van der Waals surface area contributed by atoms with Crippen molar-refractivity contribution in [1.82, 2.24) is 14.7 Å². The molecule has 0 atom stereocenters. The average Bonchev–Trinajstić information content (AvgIpc) is 3.12. The first kappa shape index (κ1) is 21.8. The van der Waals surface area contributed by atoms with Crippen LogP contribution in [0.15, 0.2) is 48.5 Å². The van der Waals surface area contributed by atoms with Crippen LogP contribution in [-0.2, 0) is 17.9 Å². The van der Waals surface area contributed by atoms with Gasteiger partial charge in [-0.05, 0) is 55.9 Å². The van der Waals surface area contributed by atoms with E-state index in [1.165, 1.54) is 12.1 Å². The van der Waals surface area contributed by atoms with Crippen molar-refractivity contribution in [1.29, 1.82) is 0 Å². The first-order chi connectivity index (χ1) is 14.4. The summed E-state index contributed by atoms with van der Waals surface area (Å²) in [5, 5.41) is 2.94. The minimum absolute atomic E-state index is 0.199. The molecule has 1 aliphatic rings. The Morgan fingerprint density at radius 1 is 1.03 bits per heavy atom.